The fourth-order valence-corrected chi connectivity index (χ4v) is 2.14. The first-order valence-corrected chi connectivity index (χ1v) is 5.89. The fourth-order valence-electron chi connectivity index (χ4n) is 2.14. The highest BCUT2D eigenvalue weighted by Gasteiger charge is 2.21. The minimum atomic E-state index is 0.525. The zero-order valence-electron chi connectivity index (χ0n) is 10.3. The molecule has 0 aliphatic carbocycles. The summed E-state index contributed by atoms with van der Waals surface area (Å²) in [7, 11) is 4.24. The predicted octanol–water partition coefficient (Wildman–Crippen LogP) is 0.819. The number of aromatic nitrogens is 2. The van der Waals surface area contributed by atoms with Crippen molar-refractivity contribution in [3.63, 3.8) is 0 Å². The summed E-state index contributed by atoms with van der Waals surface area (Å²) in [6, 6.07) is 0.653. The summed E-state index contributed by atoms with van der Waals surface area (Å²) < 4.78 is 0. The Morgan fingerprint density at radius 1 is 1.29 bits per heavy atom. The summed E-state index contributed by atoms with van der Waals surface area (Å²) in [6.45, 7) is 1.95. The van der Waals surface area contributed by atoms with E-state index in [0.717, 1.165) is 38.2 Å². The molecule has 0 amide bonds. The summed E-state index contributed by atoms with van der Waals surface area (Å²) in [5.74, 6) is 0.729. The van der Waals surface area contributed by atoms with E-state index in [-0.39, 0.29) is 0 Å². The molecule has 0 bridgehead atoms. The Balaban J connectivity index is 1.97. The molecule has 0 saturated carbocycles. The van der Waals surface area contributed by atoms with Crippen molar-refractivity contribution in [3.8, 4) is 0 Å². The standard InChI is InChI=1S/C12H18N4O/c1-15(2)11-3-5-16(6-4-11)12-13-7-10(9-17)8-14-12/h7-9,11H,3-6H2,1-2H3. The second kappa shape index (κ2) is 5.23. The number of carbonyl (C=O) groups is 1. The van der Waals surface area contributed by atoms with Crippen molar-refractivity contribution in [2.75, 3.05) is 32.1 Å². The zero-order valence-corrected chi connectivity index (χ0v) is 10.3. The lowest BCUT2D eigenvalue weighted by Gasteiger charge is -2.35. The van der Waals surface area contributed by atoms with E-state index in [1.165, 1.54) is 0 Å². The van der Waals surface area contributed by atoms with Gasteiger partial charge in [0.15, 0.2) is 6.29 Å². The third kappa shape index (κ3) is 2.79. The minimum Gasteiger partial charge on any atom is -0.341 e. The van der Waals surface area contributed by atoms with Crippen LogP contribution in [-0.2, 0) is 0 Å². The van der Waals surface area contributed by atoms with Crippen LogP contribution in [0.4, 0.5) is 5.95 Å². The molecule has 0 unspecified atom stereocenters. The Kier molecular flexibility index (Phi) is 3.68. The van der Waals surface area contributed by atoms with Gasteiger partial charge in [-0.2, -0.15) is 0 Å². The molecule has 1 fully saturated rings. The van der Waals surface area contributed by atoms with Crippen LogP contribution in [0.2, 0.25) is 0 Å². The summed E-state index contributed by atoms with van der Waals surface area (Å²) in [6.07, 6.45) is 6.18. The maximum Gasteiger partial charge on any atom is 0.225 e. The largest absolute Gasteiger partial charge is 0.341 e. The number of hydrogen-bond donors (Lipinski definition) is 0. The SMILES string of the molecule is CN(C)C1CCN(c2ncc(C=O)cn2)CC1. The van der Waals surface area contributed by atoms with Gasteiger partial charge >= 0.3 is 0 Å². The Bertz CT molecular complexity index is 369. The zero-order chi connectivity index (χ0) is 12.3. The van der Waals surface area contributed by atoms with Gasteiger partial charge in [-0.25, -0.2) is 9.97 Å². The molecule has 17 heavy (non-hydrogen) atoms. The van der Waals surface area contributed by atoms with Crippen molar-refractivity contribution in [2.45, 2.75) is 18.9 Å². The van der Waals surface area contributed by atoms with E-state index in [9.17, 15) is 4.79 Å². The highest BCUT2D eigenvalue weighted by molar-refractivity contribution is 5.73. The van der Waals surface area contributed by atoms with Gasteiger partial charge in [0.25, 0.3) is 0 Å². The average Bonchev–Trinajstić information content (AvgIpc) is 2.39. The van der Waals surface area contributed by atoms with Crippen molar-refractivity contribution in [1.29, 1.82) is 0 Å². The quantitative estimate of drug-likeness (QED) is 0.725. The topological polar surface area (TPSA) is 49.3 Å². The first-order chi connectivity index (χ1) is 8.20. The van der Waals surface area contributed by atoms with Gasteiger partial charge in [-0.15, -0.1) is 0 Å². The lowest BCUT2D eigenvalue weighted by Crippen LogP contribution is -2.42. The molecule has 2 heterocycles. The first-order valence-electron chi connectivity index (χ1n) is 5.89. The highest BCUT2D eigenvalue weighted by Crippen LogP contribution is 2.17. The molecular weight excluding hydrogens is 216 g/mol. The maximum atomic E-state index is 10.5. The van der Waals surface area contributed by atoms with Crippen molar-refractivity contribution in [2.24, 2.45) is 0 Å². The molecule has 5 heteroatoms. The van der Waals surface area contributed by atoms with E-state index < -0.39 is 0 Å². The summed E-state index contributed by atoms with van der Waals surface area (Å²) >= 11 is 0. The molecule has 1 aliphatic rings. The second-order valence-electron chi connectivity index (χ2n) is 4.62. The predicted molar refractivity (Wildman–Crippen MR) is 66.3 cm³/mol. The fraction of sp³-hybridized carbons (Fsp3) is 0.583. The van der Waals surface area contributed by atoms with E-state index >= 15 is 0 Å². The number of piperidine rings is 1. The van der Waals surface area contributed by atoms with E-state index in [2.05, 4.69) is 33.9 Å². The lowest BCUT2D eigenvalue weighted by atomic mass is 10.0. The van der Waals surface area contributed by atoms with Gasteiger partial charge in [0.1, 0.15) is 0 Å². The van der Waals surface area contributed by atoms with Crippen LogP contribution in [0.1, 0.15) is 23.2 Å². The number of anilines is 1. The number of hydrogen-bond acceptors (Lipinski definition) is 5. The van der Waals surface area contributed by atoms with E-state index in [1.54, 1.807) is 12.4 Å². The smallest absolute Gasteiger partial charge is 0.225 e. The molecule has 0 spiro atoms. The van der Waals surface area contributed by atoms with Gasteiger partial charge < -0.3 is 9.80 Å². The Labute approximate surface area is 101 Å². The van der Waals surface area contributed by atoms with Crippen molar-refractivity contribution in [1.82, 2.24) is 14.9 Å². The van der Waals surface area contributed by atoms with Gasteiger partial charge in [0.2, 0.25) is 5.95 Å². The number of carbonyl (C=O) groups excluding carboxylic acids is 1. The second-order valence-corrected chi connectivity index (χ2v) is 4.62. The Morgan fingerprint density at radius 2 is 1.88 bits per heavy atom. The van der Waals surface area contributed by atoms with Crippen molar-refractivity contribution in [3.05, 3.63) is 18.0 Å². The molecule has 1 saturated heterocycles. The highest BCUT2D eigenvalue weighted by atomic mass is 16.1. The van der Waals surface area contributed by atoms with Crippen molar-refractivity contribution < 1.29 is 4.79 Å². The Hall–Kier alpha value is -1.49. The van der Waals surface area contributed by atoms with Crippen LogP contribution < -0.4 is 4.90 Å². The number of rotatable bonds is 3. The molecule has 0 radical (unpaired) electrons. The maximum absolute atomic E-state index is 10.5. The normalized spacial score (nSPS) is 17.5. The molecule has 92 valence electrons. The lowest BCUT2D eigenvalue weighted by molar-refractivity contribution is 0.112. The minimum absolute atomic E-state index is 0.525. The van der Waals surface area contributed by atoms with E-state index in [1.807, 2.05) is 0 Å². The molecule has 0 N–H and O–H groups in total. The van der Waals surface area contributed by atoms with Gasteiger partial charge in [-0.05, 0) is 26.9 Å². The van der Waals surface area contributed by atoms with Gasteiger partial charge in [0.05, 0.1) is 5.56 Å². The van der Waals surface area contributed by atoms with Crippen LogP contribution in [0.25, 0.3) is 0 Å². The van der Waals surface area contributed by atoms with Gasteiger partial charge in [-0.1, -0.05) is 0 Å². The first kappa shape index (κ1) is 12.0. The molecule has 0 aromatic carbocycles. The summed E-state index contributed by atoms with van der Waals surface area (Å²) in [4.78, 5) is 23.4. The van der Waals surface area contributed by atoms with Crippen LogP contribution in [0.5, 0.6) is 0 Å². The molecule has 1 aliphatic heterocycles. The van der Waals surface area contributed by atoms with Crippen LogP contribution in [0.3, 0.4) is 0 Å². The van der Waals surface area contributed by atoms with E-state index in [0.29, 0.717) is 11.6 Å². The van der Waals surface area contributed by atoms with Crippen LogP contribution in [-0.4, -0.2) is 54.4 Å². The summed E-state index contributed by atoms with van der Waals surface area (Å²) in [5.41, 5.74) is 0.525. The van der Waals surface area contributed by atoms with Crippen LogP contribution in [0.15, 0.2) is 12.4 Å². The third-order valence-electron chi connectivity index (χ3n) is 3.27. The van der Waals surface area contributed by atoms with Crippen LogP contribution in [0, 0.1) is 0 Å². The molecule has 1 aromatic rings. The molecular formula is C12H18N4O. The number of nitrogens with zero attached hydrogens (tertiary/aromatic N) is 4. The van der Waals surface area contributed by atoms with E-state index in [4.69, 9.17) is 0 Å². The van der Waals surface area contributed by atoms with Crippen LogP contribution >= 0.6 is 0 Å². The molecule has 0 atom stereocenters. The summed E-state index contributed by atoms with van der Waals surface area (Å²) in [5, 5.41) is 0. The number of aldehydes is 1. The van der Waals surface area contributed by atoms with Gasteiger partial charge in [-0.3, -0.25) is 4.79 Å². The average molecular weight is 234 g/mol. The Morgan fingerprint density at radius 3 is 2.35 bits per heavy atom. The molecule has 5 nitrogen and oxygen atoms in total. The third-order valence-corrected chi connectivity index (χ3v) is 3.27. The molecule has 2 rings (SSSR count). The van der Waals surface area contributed by atoms with Gasteiger partial charge in [0, 0.05) is 31.5 Å². The van der Waals surface area contributed by atoms with Crippen molar-refractivity contribution >= 4 is 12.2 Å². The monoisotopic (exact) mass is 234 g/mol. The molecule has 1 aromatic heterocycles.